The summed E-state index contributed by atoms with van der Waals surface area (Å²) < 4.78 is 19.2. The number of hydrogen-bond donors (Lipinski definition) is 3. The fourth-order valence-corrected chi connectivity index (χ4v) is 7.42. The van der Waals surface area contributed by atoms with Gasteiger partial charge in [-0.25, -0.2) is 4.21 Å². The van der Waals surface area contributed by atoms with Crippen LogP contribution in [0.3, 0.4) is 0 Å². The number of carbonyl (C=O) groups excluding carboxylic acids is 2. The molecule has 2 aromatic carbocycles. The third-order valence-electron chi connectivity index (χ3n) is 9.61. The number of aryl methyl sites for hydroxylation is 1. The van der Waals surface area contributed by atoms with Gasteiger partial charge in [-0.3, -0.25) is 14.3 Å². The van der Waals surface area contributed by atoms with Crippen LogP contribution in [0.25, 0.3) is 0 Å². The first-order valence-corrected chi connectivity index (χ1v) is 18.8. The van der Waals surface area contributed by atoms with E-state index >= 15 is 0 Å². The van der Waals surface area contributed by atoms with Crippen molar-refractivity contribution in [3.05, 3.63) is 70.3 Å². The van der Waals surface area contributed by atoms with E-state index in [0.29, 0.717) is 25.5 Å². The Bertz CT molecular complexity index is 1430. The minimum atomic E-state index is -1.08. The van der Waals surface area contributed by atoms with E-state index in [0.717, 1.165) is 80.1 Å². The van der Waals surface area contributed by atoms with Crippen LogP contribution in [-0.2, 0) is 27.0 Å². The van der Waals surface area contributed by atoms with E-state index in [9.17, 15) is 24.0 Å². The van der Waals surface area contributed by atoms with E-state index in [-0.39, 0.29) is 23.0 Å². The molecule has 6 unspecified atom stereocenters. The number of anilines is 1. The smallest absolute Gasteiger partial charge is 0.219 e. The molecule has 2 fully saturated rings. The van der Waals surface area contributed by atoms with Crippen molar-refractivity contribution in [1.29, 1.82) is 0 Å². The maximum Gasteiger partial charge on any atom is 0.219 e. The standard InChI is InChI=1S/C33H45ClN2O4.C4H7NO2S/c1-5-8-25-17-28(34)12-14-29(25)27-20-36(31-18-24(22(2)37)11-15-33(31)40-21-27)19-26-10-13-30(26)32(39)9-6-7-16-35(4)23(3)38;6-3-5-8(7)4-1-2-4/h6,9,11-12,14-15,17-18,22,26-27,30,32,37,39H,5,7-8,10,13,16,19-21H2,1-4H3;3-4H,1-2H2,(H,5,6)/b9-6+;. The van der Waals surface area contributed by atoms with Crippen LogP contribution >= 0.6 is 11.6 Å². The van der Waals surface area contributed by atoms with Crippen LogP contribution in [0.4, 0.5) is 5.69 Å². The molecule has 0 bridgehead atoms. The summed E-state index contributed by atoms with van der Waals surface area (Å²) >= 11 is 6.38. The van der Waals surface area contributed by atoms with Gasteiger partial charge >= 0.3 is 0 Å². The lowest BCUT2D eigenvalue weighted by molar-refractivity contribution is -0.127. The van der Waals surface area contributed by atoms with Gasteiger partial charge in [-0.1, -0.05) is 49.2 Å². The maximum absolute atomic E-state index is 11.4. The van der Waals surface area contributed by atoms with Gasteiger partial charge in [0.1, 0.15) is 16.7 Å². The molecule has 3 N–H and O–H groups in total. The highest BCUT2D eigenvalue weighted by Crippen LogP contribution is 2.43. The zero-order chi connectivity index (χ0) is 34.8. The van der Waals surface area contributed by atoms with Crippen molar-refractivity contribution in [1.82, 2.24) is 9.62 Å². The van der Waals surface area contributed by atoms with Crippen molar-refractivity contribution in [2.24, 2.45) is 11.8 Å². The van der Waals surface area contributed by atoms with Gasteiger partial charge in [-0.15, -0.1) is 0 Å². The Kier molecular flexibility index (Phi) is 14.4. The monoisotopic (exact) mass is 701 g/mol. The number of carbonyl (C=O) groups is 2. The lowest BCUT2D eigenvalue weighted by atomic mass is 9.70. The minimum Gasteiger partial charge on any atom is -0.491 e. The van der Waals surface area contributed by atoms with Crippen molar-refractivity contribution in [3.8, 4) is 5.75 Å². The molecule has 2 aliphatic carbocycles. The Morgan fingerprint density at radius 2 is 1.96 bits per heavy atom. The van der Waals surface area contributed by atoms with Gasteiger partial charge in [0.25, 0.3) is 0 Å². The maximum atomic E-state index is 11.4. The summed E-state index contributed by atoms with van der Waals surface area (Å²) in [4.78, 5) is 25.2. The van der Waals surface area contributed by atoms with Crippen LogP contribution in [0, 0.1) is 11.8 Å². The third-order valence-corrected chi connectivity index (χ3v) is 11.3. The highest BCUT2D eigenvalue weighted by molar-refractivity contribution is 7.84. The van der Waals surface area contributed by atoms with E-state index in [1.165, 1.54) is 11.1 Å². The summed E-state index contributed by atoms with van der Waals surface area (Å²) in [5.41, 5.74) is 4.43. The molecule has 1 heterocycles. The minimum absolute atomic E-state index is 0.0483. The van der Waals surface area contributed by atoms with Crippen LogP contribution in [0.2, 0.25) is 5.02 Å². The van der Waals surface area contributed by atoms with Crippen LogP contribution in [-0.4, -0.2) is 76.3 Å². The number of aliphatic hydroxyl groups excluding tert-OH is 2. The molecule has 2 amide bonds. The van der Waals surface area contributed by atoms with Crippen molar-refractivity contribution in [3.63, 3.8) is 0 Å². The molecule has 9 nitrogen and oxygen atoms in total. The van der Waals surface area contributed by atoms with Crippen molar-refractivity contribution in [2.45, 2.75) is 89.1 Å². The first-order valence-electron chi connectivity index (χ1n) is 17.2. The van der Waals surface area contributed by atoms with Gasteiger partial charge in [-0.05, 0) is 98.2 Å². The summed E-state index contributed by atoms with van der Waals surface area (Å²) in [5.74, 6) is 1.60. The molecule has 2 aromatic rings. The molecule has 6 atom stereocenters. The lowest BCUT2D eigenvalue weighted by Gasteiger charge is -2.42. The zero-order valence-electron chi connectivity index (χ0n) is 28.6. The second-order valence-corrected chi connectivity index (χ2v) is 15.2. The Morgan fingerprint density at radius 1 is 1.19 bits per heavy atom. The van der Waals surface area contributed by atoms with Crippen LogP contribution < -0.4 is 14.4 Å². The van der Waals surface area contributed by atoms with E-state index in [1.54, 1.807) is 25.8 Å². The van der Waals surface area contributed by atoms with Crippen LogP contribution in [0.5, 0.6) is 5.75 Å². The van der Waals surface area contributed by atoms with Gasteiger partial charge in [0.05, 0.1) is 29.8 Å². The molecule has 11 heteroatoms. The number of hydrogen-bond acceptors (Lipinski definition) is 7. The van der Waals surface area contributed by atoms with E-state index in [2.05, 4.69) is 34.7 Å². The molecule has 5 rings (SSSR count). The van der Waals surface area contributed by atoms with E-state index < -0.39 is 23.2 Å². The number of halogens is 1. The average molecular weight is 702 g/mol. The topological polar surface area (TPSA) is 119 Å². The number of amides is 2. The predicted octanol–water partition coefficient (Wildman–Crippen LogP) is 5.70. The second-order valence-electron chi connectivity index (χ2n) is 13.3. The Balaban J connectivity index is 0.000000569. The van der Waals surface area contributed by atoms with Gasteiger partial charge < -0.3 is 24.7 Å². The van der Waals surface area contributed by atoms with Gasteiger partial charge in [0, 0.05) is 44.5 Å². The molecule has 264 valence electrons. The summed E-state index contributed by atoms with van der Waals surface area (Å²) in [6.45, 7) is 8.37. The summed E-state index contributed by atoms with van der Waals surface area (Å²) in [7, 11) is 0.716. The van der Waals surface area contributed by atoms with Gasteiger partial charge in [0.15, 0.2) is 0 Å². The van der Waals surface area contributed by atoms with Crippen molar-refractivity contribution < 1.29 is 28.7 Å². The molecule has 0 spiro atoms. The second kappa shape index (κ2) is 18.2. The zero-order valence-corrected chi connectivity index (χ0v) is 30.2. The molecule has 3 aliphatic rings. The fourth-order valence-electron chi connectivity index (χ4n) is 6.37. The molecular formula is C37H52ClN3O6S. The SMILES string of the molecule is CCCc1cc(Cl)ccc1C1COc2ccc(C(C)O)cc2N(CC2CCC2C(O)/C=C/CCN(C)C(C)=O)C1.O=CNS(=O)C1CC1. The van der Waals surface area contributed by atoms with Gasteiger partial charge in [-0.2, -0.15) is 0 Å². The molecule has 0 saturated heterocycles. The summed E-state index contributed by atoms with van der Waals surface area (Å²) in [5, 5.41) is 22.3. The van der Waals surface area contributed by atoms with E-state index in [1.807, 2.05) is 30.4 Å². The van der Waals surface area contributed by atoms with Crippen LogP contribution in [0.15, 0.2) is 48.6 Å². The highest BCUT2D eigenvalue weighted by atomic mass is 35.5. The molecule has 2 saturated carbocycles. The quantitative estimate of drug-likeness (QED) is 0.171. The number of nitrogens with zero attached hydrogens (tertiary/aromatic N) is 2. The molecule has 0 radical (unpaired) electrons. The molecule has 48 heavy (non-hydrogen) atoms. The Labute approximate surface area is 293 Å². The predicted molar refractivity (Wildman–Crippen MR) is 193 cm³/mol. The number of ether oxygens (including phenoxy) is 1. The molecule has 0 aromatic heterocycles. The molecule has 1 aliphatic heterocycles. The summed E-state index contributed by atoms with van der Waals surface area (Å²) in [6.07, 6.45) is 10.1. The Morgan fingerprint density at radius 3 is 2.58 bits per heavy atom. The van der Waals surface area contributed by atoms with Crippen molar-refractivity contribution in [2.75, 3.05) is 38.2 Å². The first-order chi connectivity index (χ1) is 23.0. The summed E-state index contributed by atoms with van der Waals surface area (Å²) in [6, 6.07) is 12.2. The van der Waals surface area contributed by atoms with Crippen LogP contribution in [0.1, 0.15) is 88.0 Å². The van der Waals surface area contributed by atoms with Gasteiger partial charge in [0.2, 0.25) is 12.3 Å². The Hall–Kier alpha value is -2.92. The van der Waals surface area contributed by atoms with Crippen molar-refractivity contribution >= 4 is 40.6 Å². The van der Waals surface area contributed by atoms with E-state index in [4.69, 9.17) is 16.3 Å². The molecular weight excluding hydrogens is 650 g/mol. The highest BCUT2D eigenvalue weighted by Gasteiger charge is 2.38. The number of fused-ring (bicyclic) bond motifs is 1. The largest absolute Gasteiger partial charge is 0.491 e. The lowest BCUT2D eigenvalue weighted by Crippen LogP contribution is -2.44. The number of nitrogens with one attached hydrogen (secondary N) is 1. The fraction of sp³-hybridized carbons (Fsp3) is 0.568. The first kappa shape index (κ1) is 37.9. The average Bonchev–Trinajstić information content (AvgIpc) is 3.90. The number of benzene rings is 2. The third kappa shape index (κ3) is 10.5. The number of rotatable bonds is 14. The number of aliphatic hydroxyl groups is 2. The normalized spacial score (nSPS) is 22.1.